The lowest BCUT2D eigenvalue weighted by Crippen LogP contribution is -2.22. The second kappa shape index (κ2) is 3.96. The van der Waals surface area contributed by atoms with Crippen molar-refractivity contribution in [2.24, 2.45) is 0 Å². The van der Waals surface area contributed by atoms with E-state index in [2.05, 4.69) is 5.32 Å². The molecule has 0 radical (unpaired) electrons. The van der Waals surface area contributed by atoms with E-state index in [-0.39, 0.29) is 18.3 Å². The van der Waals surface area contributed by atoms with Gasteiger partial charge in [0, 0.05) is 18.6 Å². The average Bonchev–Trinajstić information content (AvgIpc) is 2.62. The Kier molecular flexibility index (Phi) is 2.64. The first kappa shape index (κ1) is 10.7. The van der Waals surface area contributed by atoms with Crippen LogP contribution in [0, 0.1) is 12.7 Å². The number of likely N-dealkylation sites (N-methyl/N-ethyl adjacent to an activating group) is 1. The van der Waals surface area contributed by atoms with Crippen LogP contribution in [0.3, 0.4) is 0 Å². The van der Waals surface area contributed by atoms with E-state index < -0.39 is 0 Å². The fourth-order valence-corrected chi connectivity index (χ4v) is 1.70. The molecule has 0 saturated carbocycles. The minimum Gasteiger partial charge on any atom is -0.358 e. The van der Waals surface area contributed by atoms with Gasteiger partial charge in [-0.05, 0) is 30.7 Å². The maximum Gasteiger partial charge on any atom is 0.239 e. The van der Waals surface area contributed by atoms with Gasteiger partial charge in [-0.1, -0.05) is 0 Å². The SMILES string of the molecule is CNC(=O)Cn1ccc2cc(C)c(F)cc21. The van der Waals surface area contributed by atoms with E-state index in [0.717, 1.165) is 10.9 Å². The van der Waals surface area contributed by atoms with Gasteiger partial charge in [0.1, 0.15) is 12.4 Å². The minimum absolute atomic E-state index is 0.0986. The molecular formula is C12H13FN2O. The molecule has 3 nitrogen and oxygen atoms in total. The van der Waals surface area contributed by atoms with Gasteiger partial charge in [-0.2, -0.15) is 0 Å². The zero-order valence-electron chi connectivity index (χ0n) is 9.25. The molecule has 4 heteroatoms. The maximum absolute atomic E-state index is 13.4. The number of halogens is 1. The largest absolute Gasteiger partial charge is 0.358 e. The molecule has 0 aliphatic heterocycles. The standard InChI is InChI=1S/C12H13FN2O/c1-8-5-9-3-4-15(7-12(16)14-2)11(9)6-10(8)13/h3-6H,7H2,1-2H3,(H,14,16). The molecule has 1 aromatic carbocycles. The summed E-state index contributed by atoms with van der Waals surface area (Å²) in [5.41, 5.74) is 1.36. The highest BCUT2D eigenvalue weighted by Gasteiger charge is 2.07. The summed E-state index contributed by atoms with van der Waals surface area (Å²) in [5, 5.41) is 3.49. The number of fused-ring (bicyclic) bond motifs is 1. The van der Waals surface area contributed by atoms with E-state index in [4.69, 9.17) is 0 Å². The van der Waals surface area contributed by atoms with Crippen LogP contribution in [0.15, 0.2) is 24.4 Å². The van der Waals surface area contributed by atoms with Crippen molar-refractivity contribution < 1.29 is 9.18 Å². The summed E-state index contributed by atoms with van der Waals surface area (Å²) in [5.74, 6) is -0.345. The van der Waals surface area contributed by atoms with Gasteiger partial charge in [0.2, 0.25) is 5.91 Å². The summed E-state index contributed by atoms with van der Waals surface area (Å²) in [6.45, 7) is 1.94. The first-order valence-electron chi connectivity index (χ1n) is 5.07. The Bertz CT molecular complexity index is 545. The molecule has 0 fully saturated rings. The van der Waals surface area contributed by atoms with Crippen LogP contribution in [0.1, 0.15) is 5.56 Å². The number of benzene rings is 1. The number of rotatable bonds is 2. The Morgan fingerprint density at radius 3 is 2.94 bits per heavy atom. The molecule has 2 rings (SSSR count). The molecule has 1 N–H and O–H groups in total. The van der Waals surface area contributed by atoms with E-state index in [1.54, 1.807) is 30.8 Å². The maximum atomic E-state index is 13.4. The minimum atomic E-state index is -0.246. The number of carbonyl (C=O) groups excluding carboxylic acids is 1. The van der Waals surface area contributed by atoms with Crippen LogP contribution >= 0.6 is 0 Å². The Hall–Kier alpha value is -1.84. The molecule has 1 amide bonds. The number of hydrogen-bond acceptors (Lipinski definition) is 1. The van der Waals surface area contributed by atoms with Crippen molar-refractivity contribution in [1.82, 2.24) is 9.88 Å². The zero-order valence-corrected chi connectivity index (χ0v) is 9.25. The highest BCUT2D eigenvalue weighted by molar-refractivity contribution is 5.83. The molecule has 2 aromatic rings. The van der Waals surface area contributed by atoms with Crippen LogP contribution < -0.4 is 5.32 Å². The van der Waals surface area contributed by atoms with Crippen LogP contribution in [-0.4, -0.2) is 17.5 Å². The lowest BCUT2D eigenvalue weighted by molar-refractivity contribution is -0.121. The van der Waals surface area contributed by atoms with Gasteiger partial charge in [-0.3, -0.25) is 4.79 Å². The number of aromatic nitrogens is 1. The quantitative estimate of drug-likeness (QED) is 0.823. The molecule has 0 spiro atoms. The van der Waals surface area contributed by atoms with Gasteiger partial charge in [0.15, 0.2) is 0 Å². The molecular weight excluding hydrogens is 207 g/mol. The number of amides is 1. The lowest BCUT2D eigenvalue weighted by Gasteiger charge is -2.05. The highest BCUT2D eigenvalue weighted by atomic mass is 19.1. The van der Waals surface area contributed by atoms with Crippen molar-refractivity contribution in [3.63, 3.8) is 0 Å². The van der Waals surface area contributed by atoms with Gasteiger partial charge < -0.3 is 9.88 Å². The van der Waals surface area contributed by atoms with Crippen molar-refractivity contribution in [3.8, 4) is 0 Å². The summed E-state index contributed by atoms with van der Waals surface area (Å²) in [6, 6.07) is 5.13. The van der Waals surface area contributed by atoms with E-state index >= 15 is 0 Å². The Morgan fingerprint density at radius 1 is 1.50 bits per heavy atom. The first-order chi connectivity index (χ1) is 7.61. The summed E-state index contributed by atoms with van der Waals surface area (Å²) in [6.07, 6.45) is 1.79. The summed E-state index contributed by atoms with van der Waals surface area (Å²) in [7, 11) is 1.58. The number of nitrogens with one attached hydrogen (secondary N) is 1. The van der Waals surface area contributed by atoms with Gasteiger partial charge in [-0.15, -0.1) is 0 Å². The van der Waals surface area contributed by atoms with E-state index in [1.807, 2.05) is 6.07 Å². The Balaban J connectivity index is 2.48. The monoisotopic (exact) mass is 220 g/mol. The number of hydrogen-bond donors (Lipinski definition) is 1. The van der Waals surface area contributed by atoms with E-state index in [9.17, 15) is 9.18 Å². The predicted octanol–water partition coefficient (Wildman–Crippen LogP) is 1.83. The van der Waals surface area contributed by atoms with Crippen molar-refractivity contribution in [2.45, 2.75) is 13.5 Å². The fraction of sp³-hybridized carbons (Fsp3) is 0.250. The molecule has 84 valence electrons. The van der Waals surface area contributed by atoms with Crippen LogP contribution in [-0.2, 0) is 11.3 Å². The molecule has 0 unspecified atom stereocenters. The predicted molar refractivity (Wildman–Crippen MR) is 60.7 cm³/mol. The van der Waals surface area contributed by atoms with Crippen molar-refractivity contribution in [1.29, 1.82) is 0 Å². The van der Waals surface area contributed by atoms with Crippen molar-refractivity contribution in [2.75, 3.05) is 7.05 Å². The second-order valence-corrected chi connectivity index (χ2v) is 3.78. The average molecular weight is 220 g/mol. The van der Waals surface area contributed by atoms with Crippen LogP contribution in [0.5, 0.6) is 0 Å². The summed E-state index contributed by atoms with van der Waals surface area (Å²) < 4.78 is 15.1. The third kappa shape index (κ3) is 1.78. The van der Waals surface area contributed by atoms with Gasteiger partial charge >= 0.3 is 0 Å². The first-order valence-corrected chi connectivity index (χ1v) is 5.07. The topological polar surface area (TPSA) is 34.0 Å². The summed E-state index contributed by atoms with van der Waals surface area (Å²) >= 11 is 0. The van der Waals surface area contributed by atoms with E-state index in [0.29, 0.717) is 5.56 Å². The smallest absolute Gasteiger partial charge is 0.239 e. The third-order valence-electron chi connectivity index (χ3n) is 2.64. The Labute approximate surface area is 92.9 Å². The number of nitrogens with zero attached hydrogens (tertiary/aromatic N) is 1. The summed E-state index contributed by atoms with van der Waals surface area (Å²) in [4.78, 5) is 11.2. The van der Waals surface area contributed by atoms with Gasteiger partial charge in [0.25, 0.3) is 0 Å². The van der Waals surface area contributed by atoms with Crippen molar-refractivity contribution in [3.05, 3.63) is 35.8 Å². The molecule has 0 bridgehead atoms. The molecule has 16 heavy (non-hydrogen) atoms. The zero-order chi connectivity index (χ0) is 11.7. The molecule has 1 aromatic heterocycles. The van der Waals surface area contributed by atoms with Crippen LogP contribution in [0.25, 0.3) is 10.9 Å². The van der Waals surface area contributed by atoms with Gasteiger partial charge in [0.05, 0.1) is 5.52 Å². The third-order valence-corrected chi connectivity index (χ3v) is 2.64. The van der Waals surface area contributed by atoms with E-state index in [1.165, 1.54) is 6.07 Å². The number of aryl methyl sites for hydroxylation is 1. The fourth-order valence-electron chi connectivity index (χ4n) is 1.70. The van der Waals surface area contributed by atoms with Crippen LogP contribution in [0.2, 0.25) is 0 Å². The molecule has 0 saturated heterocycles. The molecule has 1 heterocycles. The Morgan fingerprint density at radius 2 is 2.25 bits per heavy atom. The second-order valence-electron chi connectivity index (χ2n) is 3.78. The van der Waals surface area contributed by atoms with Gasteiger partial charge in [-0.25, -0.2) is 4.39 Å². The molecule has 0 atom stereocenters. The normalized spacial score (nSPS) is 10.7. The van der Waals surface area contributed by atoms with Crippen molar-refractivity contribution >= 4 is 16.8 Å². The number of carbonyl (C=O) groups is 1. The highest BCUT2D eigenvalue weighted by Crippen LogP contribution is 2.19. The lowest BCUT2D eigenvalue weighted by atomic mass is 10.2. The molecule has 0 aliphatic rings. The van der Waals surface area contributed by atoms with Crippen LogP contribution in [0.4, 0.5) is 4.39 Å². The molecule has 0 aliphatic carbocycles.